The number of thiophene rings is 1. The van der Waals surface area contributed by atoms with Crippen molar-refractivity contribution in [2.75, 3.05) is 0 Å². The molecule has 0 amide bonds. The van der Waals surface area contributed by atoms with E-state index in [1.807, 2.05) is 24.4 Å². The van der Waals surface area contributed by atoms with Gasteiger partial charge in [0.2, 0.25) is 0 Å². The molecule has 0 spiro atoms. The maximum Gasteiger partial charge on any atom is 0.0670 e. The number of hydrogen-bond acceptors (Lipinski definition) is 2. The van der Waals surface area contributed by atoms with E-state index in [-0.39, 0.29) is 0 Å². The zero-order valence-electron chi connectivity index (χ0n) is 7.99. The standard InChI is InChI=1S/C11H16OS/c1-3-4-7-11(2,12)9-10-6-5-8-13-10/h3,5-6,8,12H,1,4,7,9H2,2H3. The first-order valence-electron chi connectivity index (χ1n) is 4.50. The summed E-state index contributed by atoms with van der Waals surface area (Å²) in [5.41, 5.74) is -0.584. The molecule has 0 aliphatic carbocycles. The third kappa shape index (κ3) is 3.75. The van der Waals surface area contributed by atoms with Gasteiger partial charge in [-0.3, -0.25) is 0 Å². The fourth-order valence-corrected chi connectivity index (χ4v) is 2.17. The van der Waals surface area contributed by atoms with E-state index in [0.717, 1.165) is 19.3 Å². The zero-order chi connectivity index (χ0) is 9.73. The van der Waals surface area contributed by atoms with Crippen molar-refractivity contribution in [3.05, 3.63) is 35.0 Å². The van der Waals surface area contributed by atoms with Crippen LogP contribution in [0.2, 0.25) is 0 Å². The van der Waals surface area contributed by atoms with Crippen LogP contribution in [0.5, 0.6) is 0 Å². The van der Waals surface area contributed by atoms with Crippen LogP contribution in [0.15, 0.2) is 30.2 Å². The topological polar surface area (TPSA) is 20.2 Å². The average molecular weight is 196 g/mol. The van der Waals surface area contributed by atoms with Gasteiger partial charge in [0.05, 0.1) is 5.60 Å². The third-order valence-electron chi connectivity index (χ3n) is 2.02. The zero-order valence-corrected chi connectivity index (χ0v) is 8.81. The molecule has 0 fully saturated rings. The van der Waals surface area contributed by atoms with Gasteiger partial charge in [-0.2, -0.15) is 0 Å². The number of rotatable bonds is 5. The van der Waals surface area contributed by atoms with Crippen molar-refractivity contribution in [2.24, 2.45) is 0 Å². The van der Waals surface area contributed by atoms with Crippen LogP contribution in [0.3, 0.4) is 0 Å². The summed E-state index contributed by atoms with van der Waals surface area (Å²) >= 11 is 1.70. The Morgan fingerprint density at radius 3 is 3.00 bits per heavy atom. The summed E-state index contributed by atoms with van der Waals surface area (Å²) < 4.78 is 0. The normalized spacial score (nSPS) is 15.2. The van der Waals surface area contributed by atoms with Gasteiger partial charge in [-0.25, -0.2) is 0 Å². The minimum atomic E-state index is -0.584. The van der Waals surface area contributed by atoms with Gasteiger partial charge in [0, 0.05) is 11.3 Å². The largest absolute Gasteiger partial charge is 0.390 e. The molecule has 72 valence electrons. The Balaban J connectivity index is 2.46. The van der Waals surface area contributed by atoms with Crippen LogP contribution in [0.4, 0.5) is 0 Å². The van der Waals surface area contributed by atoms with Gasteiger partial charge in [-0.15, -0.1) is 17.9 Å². The molecule has 0 saturated heterocycles. The lowest BCUT2D eigenvalue weighted by Crippen LogP contribution is -2.26. The molecule has 1 N–H and O–H groups in total. The molecule has 0 aliphatic rings. The second kappa shape index (κ2) is 4.58. The van der Waals surface area contributed by atoms with E-state index >= 15 is 0 Å². The summed E-state index contributed by atoms with van der Waals surface area (Å²) in [4.78, 5) is 1.24. The molecule has 0 bridgehead atoms. The molecule has 1 atom stereocenters. The molecule has 0 aromatic carbocycles. The van der Waals surface area contributed by atoms with Gasteiger partial charge in [0.25, 0.3) is 0 Å². The Hall–Kier alpha value is -0.600. The molecule has 2 heteroatoms. The van der Waals surface area contributed by atoms with Crippen LogP contribution >= 0.6 is 11.3 Å². The first-order chi connectivity index (χ1) is 6.14. The molecule has 1 nitrogen and oxygen atoms in total. The smallest absolute Gasteiger partial charge is 0.0670 e. The van der Waals surface area contributed by atoms with Crippen molar-refractivity contribution in [3.63, 3.8) is 0 Å². The van der Waals surface area contributed by atoms with Gasteiger partial charge in [0.1, 0.15) is 0 Å². The summed E-state index contributed by atoms with van der Waals surface area (Å²) in [6.45, 7) is 5.54. The lowest BCUT2D eigenvalue weighted by atomic mass is 9.95. The van der Waals surface area contributed by atoms with Gasteiger partial charge in [-0.05, 0) is 31.2 Å². The van der Waals surface area contributed by atoms with Crippen LogP contribution in [-0.4, -0.2) is 10.7 Å². The number of aliphatic hydroxyl groups is 1. The van der Waals surface area contributed by atoms with Crippen molar-refractivity contribution in [3.8, 4) is 0 Å². The predicted octanol–water partition coefficient (Wildman–Crippen LogP) is 3.01. The van der Waals surface area contributed by atoms with E-state index in [0.29, 0.717) is 0 Å². The van der Waals surface area contributed by atoms with Crippen molar-refractivity contribution in [1.82, 2.24) is 0 Å². The van der Waals surface area contributed by atoms with E-state index in [9.17, 15) is 5.11 Å². The Labute approximate surface area is 83.7 Å². The average Bonchev–Trinajstić information content (AvgIpc) is 2.52. The minimum absolute atomic E-state index is 0.584. The maximum absolute atomic E-state index is 9.98. The van der Waals surface area contributed by atoms with Crippen LogP contribution in [-0.2, 0) is 6.42 Å². The van der Waals surface area contributed by atoms with Crippen LogP contribution in [0, 0.1) is 0 Å². The van der Waals surface area contributed by atoms with Gasteiger partial charge >= 0.3 is 0 Å². The summed E-state index contributed by atoms with van der Waals surface area (Å²) in [5, 5.41) is 12.0. The SMILES string of the molecule is C=CCCC(C)(O)Cc1cccs1. The molecule has 0 radical (unpaired) electrons. The molecule has 1 heterocycles. The van der Waals surface area contributed by atoms with Gasteiger partial charge in [-0.1, -0.05) is 12.1 Å². The molecule has 13 heavy (non-hydrogen) atoms. The Kier molecular flexibility index (Phi) is 3.70. The molecule has 1 unspecified atom stereocenters. The maximum atomic E-state index is 9.98. The van der Waals surface area contributed by atoms with E-state index in [2.05, 4.69) is 12.6 Å². The van der Waals surface area contributed by atoms with Crippen LogP contribution < -0.4 is 0 Å². The van der Waals surface area contributed by atoms with Gasteiger partial charge < -0.3 is 5.11 Å². The van der Waals surface area contributed by atoms with Gasteiger partial charge in [0.15, 0.2) is 0 Å². The molecule has 1 aromatic rings. The fourth-order valence-electron chi connectivity index (χ4n) is 1.29. The Morgan fingerprint density at radius 2 is 2.46 bits per heavy atom. The molecule has 1 rings (SSSR count). The van der Waals surface area contributed by atoms with Crippen molar-refractivity contribution in [1.29, 1.82) is 0 Å². The predicted molar refractivity (Wildman–Crippen MR) is 58.1 cm³/mol. The highest BCUT2D eigenvalue weighted by Crippen LogP contribution is 2.21. The first-order valence-corrected chi connectivity index (χ1v) is 5.38. The molecular weight excluding hydrogens is 180 g/mol. The second-order valence-electron chi connectivity index (χ2n) is 3.58. The molecule has 0 aliphatic heterocycles. The first kappa shape index (κ1) is 10.5. The summed E-state index contributed by atoms with van der Waals surface area (Å²) in [6, 6.07) is 4.08. The monoisotopic (exact) mass is 196 g/mol. The van der Waals surface area contributed by atoms with E-state index < -0.39 is 5.60 Å². The highest BCUT2D eigenvalue weighted by atomic mass is 32.1. The van der Waals surface area contributed by atoms with Crippen molar-refractivity contribution < 1.29 is 5.11 Å². The molecule has 0 saturated carbocycles. The van der Waals surface area contributed by atoms with E-state index in [1.54, 1.807) is 11.3 Å². The highest BCUT2D eigenvalue weighted by molar-refractivity contribution is 7.09. The summed E-state index contributed by atoms with van der Waals surface area (Å²) in [7, 11) is 0. The third-order valence-corrected chi connectivity index (χ3v) is 2.90. The second-order valence-corrected chi connectivity index (χ2v) is 4.61. The lowest BCUT2D eigenvalue weighted by Gasteiger charge is -2.21. The molecule has 1 aromatic heterocycles. The van der Waals surface area contributed by atoms with E-state index in [4.69, 9.17) is 0 Å². The number of allylic oxidation sites excluding steroid dienone is 1. The Bertz CT molecular complexity index is 249. The van der Waals surface area contributed by atoms with E-state index in [1.165, 1.54) is 4.88 Å². The van der Waals surface area contributed by atoms with Crippen molar-refractivity contribution in [2.45, 2.75) is 31.8 Å². The van der Waals surface area contributed by atoms with Crippen molar-refractivity contribution >= 4 is 11.3 Å². The summed E-state index contributed by atoms with van der Waals surface area (Å²) in [5.74, 6) is 0. The Morgan fingerprint density at radius 1 is 1.69 bits per heavy atom. The fraction of sp³-hybridized carbons (Fsp3) is 0.455. The highest BCUT2D eigenvalue weighted by Gasteiger charge is 2.19. The number of hydrogen-bond donors (Lipinski definition) is 1. The summed E-state index contributed by atoms with van der Waals surface area (Å²) in [6.07, 6.45) is 4.26. The minimum Gasteiger partial charge on any atom is -0.390 e. The van der Waals surface area contributed by atoms with Crippen LogP contribution in [0.25, 0.3) is 0 Å². The van der Waals surface area contributed by atoms with Crippen LogP contribution in [0.1, 0.15) is 24.6 Å². The lowest BCUT2D eigenvalue weighted by molar-refractivity contribution is 0.0531. The molecular formula is C11H16OS. The quantitative estimate of drug-likeness (QED) is 0.718.